The van der Waals surface area contributed by atoms with Crippen molar-refractivity contribution in [2.75, 3.05) is 33.2 Å². The number of nitrogens with zero attached hydrogens (tertiary/aromatic N) is 2. The van der Waals surface area contributed by atoms with Crippen LogP contribution in [0, 0.1) is 0 Å². The molecule has 1 heterocycles. The number of benzene rings is 1. The molecule has 0 amide bonds. The summed E-state index contributed by atoms with van der Waals surface area (Å²) in [6.45, 7) is 11.4. The lowest BCUT2D eigenvalue weighted by molar-refractivity contribution is 0.252. The average Bonchev–Trinajstić information content (AvgIpc) is 2.97. The fourth-order valence-electron chi connectivity index (χ4n) is 2.87. The molecule has 1 aromatic carbocycles. The molecule has 21 heavy (non-hydrogen) atoms. The van der Waals surface area contributed by atoms with Gasteiger partial charge in [-0.25, -0.2) is 0 Å². The fourth-order valence-corrected chi connectivity index (χ4v) is 2.87. The number of likely N-dealkylation sites (N-methyl/N-ethyl adjacent to an activating group) is 1. The van der Waals surface area contributed by atoms with E-state index in [0.29, 0.717) is 6.04 Å². The van der Waals surface area contributed by atoms with Crippen LogP contribution in [0.4, 0.5) is 0 Å². The summed E-state index contributed by atoms with van der Waals surface area (Å²) in [5.74, 6) is 0. The monoisotopic (exact) mass is 289 g/mol. The largest absolute Gasteiger partial charge is 0.310 e. The van der Waals surface area contributed by atoms with Gasteiger partial charge in [0, 0.05) is 32.2 Å². The van der Waals surface area contributed by atoms with Crippen molar-refractivity contribution < 1.29 is 0 Å². The van der Waals surface area contributed by atoms with Gasteiger partial charge in [-0.2, -0.15) is 0 Å². The summed E-state index contributed by atoms with van der Waals surface area (Å²) in [6.07, 6.45) is 2.77. The van der Waals surface area contributed by atoms with Crippen LogP contribution in [-0.2, 0) is 13.1 Å². The van der Waals surface area contributed by atoms with E-state index in [1.165, 1.54) is 43.6 Å². The SMILES string of the molecule is CC(C)NCc1cccc(CN(C)CCN2CCCC2)c1. The normalized spacial score (nSPS) is 16.2. The highest BCUT2D eigenvalue weighted by Crippen LogP contribution is 2.10. The van der Waals surface area contributed by atoms with Crippen LogP contribution in [0.5, 0.6) is 0 Å². The Bertz CT molecular complexity index is 411. The zero-order valence-electron chi connectivity index (χ0n) is 13.9. The maximum Gasteiger partial charge on any atom is 0.0231 e. The molecule has 1 aliphatic heterocycles. The molecule has 0 saturated carbocycles. The number of hydrogen-bond donors (Lipinski definition) is 1. The first-order chi connectivity index (χ1) is 10.1. The van der Waals surface area contributed by atoms with Gasteiger partial charge in [0.25, 0.3) is 0 Å². The van der Waals surface area contributed by atoms with Gasteiger partial charge in [-0.1, -0.05) is 38.1 Å². The molecule has 3 heteroatoms. The van der Waals surface area contributed by atoms with Crippen LogP contribution in [-0.4, -0.2) is 49.1 Å². The Kier molecular flexibility index (Phi) is 6.68. The number of rotatable bonds is 8. The molecule has 1 fully saturated rings. The van der Waals surface area contributed by atoms with Gasteiger partial charge in [-0.05, 0) is 44.1 Å². The van der Waals surface area contributed by atoms with E-state index in [2.05, 4.69) is 60.3 Å². The number of hydrogen-bond acceptors (Lipinski definition) is 3. The smallest absolute Gasteiger partial charge is 0.0231 e. The third-order valence-corrected chi connectivity index (χ3v) is 4.15. The quantitative estimate of drug-likeness (QED) is 0.794. The molecule has 2 rings (SSSR count). The van der Waals surface area contributed by atoms with Gasteiger partial charge in [0.05, 0.1) is 0 Å². The Balaban J connectivity index is 1.76. The molecule has 0 spiro atoms. The van der Waals surface area contributed by atoms with Crippen LogP contribution in [0.1, 0.15) is 37.8 Å². The molecular weight excluding hydrogens is 258 g/mol. The molecule has 0 radical (unpaired) electrons. The Morgan fingerprint density at radius 3 is 2.62 bits per heavy atom. The predicted octanol–water partition coefficient (Wildman–Crippen LogP) is 2.71. The van der Waals surface area contributed by atoms with Crippen LogP contribution in [0.2, 0.25) is 0 Å². The maximum atomic E-state index is 3.48. The van der Waals surface area contributed by atoms with Crippen molar-refractivity contribution in [2.24, 2.45) is 0 Å². The second-order valence-corrected chi connectivity index (χ2v) is 6.64. The van der Waals surface area contributed by atoms with Gasteiger partial charge in [0.15, 0.2) is 0 Å². The molecule has 0 atom stereocenters. The third kappa shape index (κ3) is 6.16. The first-order valence-electron chi connectivity index (χ1n) is 8.35. The van der Waals surface area contributed by atoms with E-state index >= 15 is 0 Å². The van der Waals surface area contributed by atoms with E-state index in [0.717, 1.165) is 19.6 Å². The molecule has 0 bridgehead atoms. The molecule has 0 unspecified atom stereocenters. The van der Waals surface area contributed by atoms with Crippen molar-refractivity contribution in [3.63, 3.8) is 0 Å². The van der Waals surface area contributed by atoms with Crippen LogP contribution >= 0.6 is 0 Å². The van der Waals surface area contributed by atoms with E-state index in [1.807, 2.05) is 0 Å². The Hall–Kier alpha value is -0.900. The molecular formula is C18H31N3. The lowest BCUT2D eigenvalue weighted by atomic mass is 10.1. The standard InChI is InChI=1S/C18H31N3/c1-16(2)19-14-17-7-6-8-18(13-17)15-20(3)11-12-21-9-4-5-10-21/h6-8,13,16,19H,4-5,9-12,14-15H2,1-3H3. The zero-order chi connectivity index (χ0) is 15.1. The van der Waals surface area contributed by atoms with Crippen LogP contribution in [0.3, 0.4) is 0 Å². The second-order valence-electron chi connectivity index (χ2n) is 6.64. The summed E-state index contributed by atoms with van der Waals surface area (Å²) in [6, 6.07) is 9.51. The molecule has 1 aliphatic rings. The number of nitrogens with one attached hydrogen (secondary N) is 1. The summed E-state index contributed by atoms with van der Waals surface area (Å²) >= 11 is 0. The van der Waals surface area contributed by atoms with Gasteiger partial charge >= 0.3 is 0 Å². The van der Waals surface area contributed by atoms with Crippen molar-refractivity contribution in [1.82, 2.24) is 15.1 Å². The lowest BCUT2D eigenvalue weighted by Gasteiger charge is -2.21. The van der Waals surface area contributed by atoms with Crippen molar-refractivity contribution in [1.29, 1.82) is 0 Å². The third-order valence-electron chi connectivity index (χ3n) is 4.15. The van der Waals surface area contributed by atoms with Crippen molar-refractivity contribution in [3.8, 4) is 0 Å². The minimum atomic E-state index is 0.539. The summed E-state index contributed by atoms with van der Waals surface area (Å²) in [7, 11) is 2.23. The Morgan fingerprint density at radius 1 is 1.19 bits per heavy atom. The summed E-state index contributed by atoms with van der Waals surface area (Å²) < 4.78 is 0. The maximum absolute atomic E-state index is 3.48. The molecule has 3 nitrogen and oxygen atoms in total. The predicted molar refractivity (Wildman–Crippen MR) is 90.4 cm³/mol. The average molecular weight is 289 g/mol. The topological polar surface area (TPSA) is 18.5 Å². The molecule has 118 valence electrons. The second kappa shape index (κ2) is 8.52. The summed E-state index contributed by atoms with van der Waals surface area (Å²) in [4.78, 5) is 5.02. The molecule has 1 aromatic rings. The Labute approximate surface area is 130 Å². The van der Waals surface area contributed by atoms with E-state index in [4.69, 9.17) is 0 Å². The summed E-state index contributed by atoms with van der Waals surface area (Å²) in [5, 5.41) is 3.48. The minimum absolute atomic E-state index is 0.539. The van der Waals surface area contributed by atoms with E-state index in [9.17, 15) is 0 Å². The van der Waals surface area contributed by atoms with Gasteiger partial charge < -0.3 is 15.1 Å². The van der Waals surface area contributed by atoms with E-state index < -0.39 is 0 Å². The van der Waals surface area contributed by atoms with Gasteiger partial charge in [0.2, 0.25) is 0 Å². The zero-order valence-corrected chi connectivity index (χ0v) is 13.9. The van der Waals surface area contributed by atoms with Crippen LogP contribution in [0.15, 0.2) is 24.3 Å². The van der Waals surface area contributed by atoms with E-state index in [1.54, 1.807) is 0 Å². The van der Waals surface area contributed by atoms with Crippen molar-refractivity contribution >= 4 is 0 Å². The van der Waals surface area contributed by atoms with Gasteiger partial charge in [-0.3, -0.25) is 0 Å². The van der Waals surface area contributed by atoms with Crippen LogP contribution < -0.4 is 5.32 Å². The molecule has 0 aromatic heterocycles. The van der Waals surface area contributed by atoms with Gasteiger partial charge in [0.1, 0.15) is 0 Å². The van der Waals surface area contributed by atoms with Crippen LogP contribution in [0.25, 0.3) is 0 Å². The summed E-state index contributed by atoms with van der Waals surface area (Å²) in [5.41, 5.74) is 2.80. The molecule has 1 saturated heterocycles. The first kappa shape index (κ1) is 16.5. The lowest BCUT2D eigenvalue weighted by Crippen LogP contribution is -2.31. The molecule has 0 aliphatic carbocycles. The van der Waals surface area contributed by atoms with Crippen molar-refractivity contribution in [2.45, 2.75) is 45.8 Å². The van der Waals surface area contributed by atoms with Crippen molar-refractivity contribution in [3.05, 3.63) is 35.4 Å². The highest BCUT2D eigenvalue weighted by Gasteiger charge is 2.11. The minimum Gasteiger partial charge on any atom is -0.310 e. The van der Waals surface area contributed by atoms with E-state index in [-0.39, 0.29) is 0 Å². The Morgan fingerprint density at radius 2 is 1.90 bits per heavy atom. The first-order valence-corrected chi connectivity index (χ1v) is 8.35. The van der Waals surface area contributed by atoms with Gasteiger partial charge in [-0.15, -0.1) is 0 Å². The fraction of sp³-hybridized carbons (Fsp3) is 0.667. The molecule has 1 N–H and O–H groups in total. The highest BCUT2D eigenvalue weighted by molar-refractivity contribution is 5.23. The highest BCUT2D eigenvalue weighted by atomic mass is 15.2. The number of likely N-dealkylation sites (tertiary alicyclic amines) is 1.